The van der Waals surface area contributed by atoms with Crippen LogP contribution in [0.1, 0.15) is 23.6 Å². The first-order valence-corrected chi connectivity index (χ1v) is 10.9. The Balaban J connectivity index is 1.73. The Hall–Kier alpha value is -2.91. The second-order valence-corrected chi connectivity index (χ2v) is 9.05. The Morgan fingerprint density at radius 1 is 1.10 bits per heavy atom. The fraction of sp³-hybridized carbons (Fsp3) is 0.300. The fourth-order valence-electron chi connectivity index (χ4n) is 3.34. The van der Waals surface area contributed by atoms with Gasteiger partial charge in [-0.15, -0.1) is 0 Å². The van der Waals surface area contributed by atoms with Gasteiger partial charge >= 0.3 is 6.03 Å². The first-order valence-electron chi connectivity index (χ1n) is 9.29. The molecule has 0 saturated heterocycles. The van der Waals surface area contributed by atoms with Gasteiger partial charge in [0.2, 0.25) is 15.9 Å². The summed E-state index contributed by atoms with van der Waals surface area (Å²) in [4.78, 5) is 23.7. The number of nitrogens with one attached hydrogen (secondary N) is 2. The van der Waals surface area contributed by atoms with Crippen LogP contribution in [0.2, 0.25) is 0 Å². The third-order valence-electron chi connectivity index (χ3n) is 4.92. The number of urea groups is 1. The minimum absolute atomic E-state index is 0.0622. The molecule has 0 aromatic heterocycles. The normalized spacial score (nSPS) is 16.7. The van der Waals surface area contributed by atoms with Crippen molar-refractivity contribution in [2.45, 2.75) is 32.5 Å². The number of anilines is 1. The van der Waals surface area contributed by atoms with Crippen LogP contribution in [0.15, 0.2) is 48.5 Å². The van der Waals surface area contributed by atoms with E-state index in [9.17, 15) is 18.0 Å². The van der Waals surface area contributed by atoms with Crippen LogP contribution in [0.5, 0.6) is 0 Å². The molecule has 9 heteroatoms. The highest BCUT2D eigenvalue weighted by molar-refractivity contribution is 7.89. The van der Waals surface area contributed by atoms with Crippen molar-refractivity contribution in [1.29, 1.82) is 0 Å². The average Bonchev–Trinajstić information content (AvgIpc) is 2.71. The number of hydrogen-bond acceptors (Lipinski definition) is 4. The fourth-order valence-corrected chi connectivity index (χ4v) is 4.56. The van der Waals surface area contributed by atoms with Crippen molar-refractivity contribution in [3.8, 4) is 0 Å². The Morgan fingerprint density at radius 2 is 1.76 bits per heavy atom. The molecule has 0 fully saturated rings. The molecule has 0 radical (unpaired) electrons. The van der Waals surface area contributed by atoms with E-state index in [0.29, 0.717) is 12.1 Å². The summed E-state index contributed by atoms with van der Waals surface area (Å²) in [6.45, 7) is 2.01. The third-order valence-corrected chi connectivity index (χ3v) is 6.75. The van der Waals surface area contributed by atoms with Crippen LogP contribution >= 0.6 is 0 Å². The van der Waals surface area contributed by atoms with Crippen molar-refractivity contribution >= 4 is 27.6 Å². The van der Waals surface area contributed by atoms with Crippen molar-refractivity contribution in [1.82, 2.24) is 9.62 Å². The van der Waals surface area contributed by atoms with Gasteiger partial charge in [-0.25, -0.2) is 13.2 Å². The molecule has 0 spiro atoms. The second kappa shape index (κ2) is 8.62. The summed E-state index contributed by atoms with van der Waals surface area (Å²) >= 11 is 0. The van der Waals surface area contributed by atoms with E-state index in [0.717, 1.165) is 16.7 Å². The van der Waals surface area contributed by atoms with Crippen molar-refractivity contribution in [2.75, 3.05) is 11.1 Å². The predicted molar refractivity (Wildman–Crippen MR) is 110 cm³/mol. The van der Waals surface area contributed by atoms with Crippen molar-refractivity contribution < 1.29 is 18.0 Å². The molecule has 1 aliphatic heterocycles. The molecule has 8 nitrogen and oxygen atoms in total. The topological polar surface area (TPSA) is 122 Å². The monoisotopic (exact) mass is 416 g/mol. The molecule has 0 bridgehead atoms. The van der Waals surface area contributed by atoms with Gasteiger partial charge in [0, 0.05) is 18.8 Å². The zero-order chi connectivity index (χ0) is 21.0. The summed E-state index contributed by atoms with van der Waals surface area (Å²) in [5.41, 5.74) is 8.35. The van der Waals surface area contributed by atoms with Gasteiger partial charge in [-0.05, 0) is 42.2 Å². The number of hydrogen-bond donors (Lipinski definition) is 3. The lowest BCUT2D eigenvalue weighted by Gasteiger charge is -2.34. The molecule has 1 aliphatic rings. The number of nitrogens with two attached hydrogens (primary N) is 1. The van der Waals surface area contributed by atoms with E-state index in [-0.39, 0.29) is 24.7 Å². The van der Waals surface area contributed by atoms with Crippen LogP contribution in [0.25, 0.3) is 0 Å². The molecule has 2 aromatic carbocycles. The molecule has 154 valence electrons. The van der Waals surface area contributed by atoms with Gasteiger partial charge in [0.05, 0.1) is 5.75 Å². The van der Waals surface area contributed by atoms with Crippen LogP contribution in [0, 0.1) is 0 Å². The number of carbonyl (C=O) groups is 2. The molecule has 1 heterocycles. The lowest BCUT2D eigenvalue weighted by atomic mass is 9.95. The molecule has 2 aromatic rings. The van der Waals surface area contributed by atoms with E-state index in [4.69, 9.17) is 5.73 Å². The predicted octanol–water partition coefficient (Wildman–Crippen LogP) is 1.57. The number of carbonyl (C=O) groups excluding carboxylic acids is 2. The molecular formula is C20H24N4O4S. The van der Waals surface area contributed by atoms with Crippen molar-refractivity contribution in [2.24, 2.45) is 5.73 Å². The molecule has 0 aliphatic carbocycles. The van der Waals surface area contributed by atoms with Crippen LogP contribution in [0.3, 0.4) is 0 Å². The highest BCUT2D eigenvalue weighted by Crippen LogP contribution is 2.26. The first-order chi connectivity index (χ1) is 13.8. The zero-order valence-corrected chi connectivity index (χ0v) is 16.9. The van der Waals surface area contributed by atoms with Gasteiger partial charge < -0.3 is 16.4 Å². The summed E-state index contributed by atoms with van der Waals surface area (Å²) in [5.74, 6) is -0.399. The van der Waals surface area contributed by atoms with Crippen LogP contribution in [0.4, 0.5) is 10.5 Å². The Labute approximate surface area is 170 Å². The molecule has 3 amide bonds. The minimum atomic E-state index is -3.54. The maximum Gasteiger partial charge on any atom is 0.316 e. The van der Waals surface area contributed by atoms with Crippen molar-refractivity contribution in [3.05, 3.63) is 65.2 Å². The first kappa shape index (κ1) is 20.8. The van der Waals surface area contributed by atoms with Crippen molar-refractivity contribution in [3.63, 3.8) is 0 Å². The summed E-state index contributed by atoms with van der Waals surface area (Å²) in [6.07, 6.45) is 0.336. The lowest BCUT2D eigenvalue weighted by molar-refractivity contribution is -0.125. The number of primary amides is 1. The summed E-state index contributed by atoms with van der Waals surface area (Å²) in [6, 6.07) is 13.0. The number of sulfonamides is 1. The molecule has 3 rings (SSSR count). The molecule has 0 saturated carbocycles. The molecular weight excluding hydrogens is 392 g/mol. The number of rotatable bonds is 6. The number of nitrogens with zero attached hydrogens (tertiary/aromatic N) is 1. The number of amides is 3. The summed E-state index contributed by atoms with van der Waals surface area (Å²) in [7, 11) is -3.54. The second-order valence-electron chi connectivity index (χ2n) is 6.84. The minimum Gasteiger partial charge on any atom is -0.351 e. The van der Waals surface area contributed by atoms with Gasteiger partial charge in [-0.1, -0.05) is 36.4 Å². The largest absolute Gasteiger partial charge is 0.351 e. The Kier molecular flexibility index (Phi) is 6.19. The maximum atomic E-state index is 12.9. The molecule has 29 heavy (non-hydrogen) atoms. The molecule has 4 N–H and O–H groups in total. The van der Waals surface area contributed by atoms with E-state index in [1.54, 1.807) is 31.2 Å². The Morgan fingerprint density at radius 3 is 2.38 bits per heavy atom. The van der Waals surface area contributed by atoms with Gasteiger partial charge in [0.25, 0.3) is 0 Å². The van der Waals surface area contributed by atoms with E-state index in [1.165, 1.54) is 4.31 Å². The number of fused-ring (bicyclic) bond motifs is 1. The van der Waals surface area contributed by atoms with Crippen LogP contribution in [-0.2, 0) is 34.3 Å². The molecule has 1 atom stereocenters. The quantitative estimate of drug-likeness (QED) is 0.662. The zero-order valence-electron chi connectivity index (χ0n) is 16.1. The van der Waals surface area contributed by atoms with Gasteiger partial charge in [-0.2, -0.15) is 4.31 Å². The molecule has 1 unspecified atom stereocenters. The summed E-state index contributed by atoms with van der Waals surface area (Å²) in [5, 5.41) is 5.29. The third kappa shape index (κ3) is 4.93. The highest BCUT2D eigenvalue weighted by atomic mass is 32.2. The Bertz CT molecular complexity index is 1010. The van der Waals surface area contributed by atoms with Crippen LogP contribution in [-0.4, -0.2) is 36.5 Å². The van der Waals surface area contributed by atoms with Gasteiger partial charge in [-0.3, -0.25) is 4.79 Å². The highest BCUT2D eigenvalue weighted by Gasteiger charge is 2.37. The van der Waals surface area contributed by atoms with Gasteiger partial charge in [0.1, 0.15) is 6.04 Å². The lowest BCUT2D eigenvalue weighted by Crippen LogP contribution is -2.52. The van der Waals surface area contributed by atoms with E-state index >= 15 is 0 Å². The van der Waals surface area contributed by atoms with E-state index < -0.39 is 22.1 Å². The average molecular weight is 417 g/mol. The van der Waals surface area contributed by atoms with Crippen LogP contribution < -0.4 is 16.4 Å². The smallest absolute Gasteiger partial charge is 0.316 e. The van der Waals surface area contributed by atoms with Gasteiger partial charge in [0.15, 0.2) is 0 Å². The SMILES string of the molecule is CCS(=O)(=O)N1Cc2ccccc2CC1C(=O)NCc1ccc(NC(N)=O)cc1. The van der Waals surface area contributed by atoms with E-state index in [1.807, 2.05) is 24.3 Å². The maximum absolute atomic E-state index is 12.9. The summed E-state index contributed by atoms with van der Waals surface area (Å²) < 4.78 is 26.5. The van der Waals surface area contributed by atoms with E-state index in [2.05, 4.69) is 10.6 Å². The standard InChI is InChI=1S/C20H24N4O4S/c1-2-29(27,28)24-13-16-6-4-3-5-15(16)11-18(24)19(25)22-12-14-7-9-17(10-8-14)23-20(21)26/h3-10,18H,2,11-13H2,1H3,(H,22,25)(H3,21,23,26). The number of benzene rings is 2.